The third-order valence-electron chi connectivity index (χ3n) is 2.80. The number of carbonyl (C=O) groups is 2. The van der Waals surface area contributed by atoms with Crippen LogP contribution in [-0.4, -0.2) is 17.0 Å². The molecule has 1 amide bonds. The molecule has 0 aromatic heterocycles. The molecule has 0 aliphatic carbocycles. The zero-order valence-electron chi connectivity index (χ0n) is 10.3. The van der Waals surface area contributed by atoms with Crippen LogP contribution in [0.5, 0.6) is 0 Å². The maximum atomic E-state index is 11.7. The molecule has 2 N–H and O–H groups in total. The quantitative estimate of drug-likeness (QED) is 0.843. The largest absolute Gasteiger partial charge is 0.478 e. The van der Waals surface area contributed by atoms with E-state index in [0.29, 0.717) is 5.69 Å². The van der Waals surface area contributed by atoms with Crippen LogP contribution in [0.25, 0.3) is 0 Å². The molecule has 0 saturated carbocycles. The Morgan fingerprint density at radius 1 is 1.41 bits per heavy atom. The van der Waals surface area contributed by atoms with Crippen molar-refractivity contribution in [2.75, 3.05) is 5.32 Å². The van der Waals surface area contributed by atoms with Crippen molar-refractivity contribution in [3.63, 3.8) is 0 Å². The van der Waals surface area contributed by atoms with E-state index in [4.69, 9.17) is 5.11 Å². The lowest BCUT2D eigenvalue weighted by Gasteiger charge is -2.12. The number of carboxylic acid groups (broad SMARTS) is 1. The lowest BCUT2D eigenvalue weighted by molar-refractivity contribution is -0.119. The number of aromatic carboxylic acids is 1. The summed E-state index contributed by atoms with van der Waals surface area (Å²) in [4.78, 5) is 22.5. The number of hydrogen-bond donors (Lipinski definition) is 2. The Kier molecular flexibility index (Phi) is 4.26. The fourth-order valence-electron chi connectivity index (χ4n) is 1.33. The van der Waals surface area contributed by atoms with Gasteiger partial charge < -0.3 is 10.4 Å². The third kappa shape index (κ3) is 3.31. The summed E-state index contributed by atoms with van der Waals surface area (Å²) in [6, 6.07) is 4.70. The molecule has 92 valence electrons. The van der Waals surface area contributed by atoms with Crippen molar-refractivity contribution in [3.8, 4) is 0 Å². The van der Waals surface area contributed by atoms with Crippen molar-refractivity contribution in [3.05, 3.63) is 29.3 Å². The summed E-state index contributed by atoms with van der Waals surface area (Å²) in [5.41, 5.74) is 1.59. The van der Waals surface area contributed by atoms with Crippen molar-refractivity contribution in [2.24, 2.45) is 5.92 Å². The van der Waals surface area contributed by atoms with E-state index < -0.39 is 5.97 Å². The van der Waals surface area contributed by atoms with Gasteiger partial charge in [-0.1, -0.05) is 19.9 Å². The van der Waals surface area contributed by atoms with E-state index >= 15 is 0 Å². The van der Waals surface area contributed by atoms with Crippen LogP contribution in [0, 0.1) is 12.8 Å². The maximum Gasteiger partial charge on any atom is 0.335 e. The molecular formula is C13H17NO3. The molecule has 1 rings (SSSR count). The van der Waals surface area contributed by atoms with E-state index in [0.717, 1.165) is 12.0 Å². The van der Waals surface area contributed by atoms with E-state index in [9.17, 15) is 9.59 Å². The second-order valence-corrected chi connectivity index (χ2v) is 4.13. The van der Waals surface area contributed by atoms with E-state index in [1.807, 2.05) is 20.8 Å². The van der Waals surface area contributed by atoms with Crippen LogP contribution in [0.15, 0.2) is 18.2 Å². The SMILES string of the molecule is CC[C@@H](C)C(=O)Nc1cc(C(=O)O)ccc1C. The van der Waals surface area contributed by atoms with Gasteiger partial charge in [-0.3, -0.25) is 4.79 Å². The van der Waals surface area contributed by atoms with Crippen molar-refractivity contribution < 1.29 is 14.7 Å². The Morgan fingerprint density at radius 2 is 2.06 bits per heavy atom. The molecule has 0 spiro atoms. The molecule has 0 aliphatic heterocycles. The Hall–Kier alpha value is -1.84. The predicted octanol–water partition coefficient (Wildman–Crippen LogP) is 2.68. The van der Waals surface area contributed by atoms with Crippen LogP contribution in [-0.2, 0) is 4.79 Å². The number of carbonyl (C=O) groups excluding carboxylic acids is 1. The predicted molar refractivity (Wildman–Crippen MR) is 66.2 cm³/mol. The highest BCUT2D eigenvalue weighted by Gasteiger charge is 2.13. The molecule has 0 aliphatic rings. The van der Waals surface area contributed by atoms with Crippen molar-refractivity contribution in [1.82, 2.24) is 0 Å². The second kappa shape index (κ2) is 5.48. The average Bonchev–Trinajstić information content (AvgIpc) is 2.30. The summed E-state index contributed by atoms with van der Waals surface area (Å²) in [7, 11) is 0. The Morgan fingerprint density at radius 3 is 2.59 bits per heavy atom. The average molecular weight is 235 g/mol. The van der Waals surface area contributed by atoms with Crippen LogP contribution in [0.3, 0.4) is 0 Å². The summed E-state index contributed by atoms with van der Waals surface area (Å²) in [6.45, 7) is 5.61. The number of aryl methyl sites for hydroxylation is 1. The minimum absolute atomic E-state index is 0.0807. The summed E-state index contributed by atoms with van der Waals surface area (Å²) in [5, 5.41) is 11.6. The number of carboxylic acids is 1. The number of benzene rings is 1. The molecular weight excluding hydrogens is 218 g/mol. The Bertz CT molecular complexity index is 440. The molecule has 0 heterocycles. The van der Waals surface area contributed by atoms with Crippen molar-refractivity contribution in [1.29, 1.82) is 0 Å². The molecule has 0 bridgehead atoms. The lowest BCUT2D eigenvalue weighted by Crippen LogP contribution is -2.20. The summed E-state index contributed by atoms with van der Waals surface area (Å²) in [5.74, 6) is -1.16. The topological polar surface area (TPSA) is 66.4 Å². The number of anilines is 1. The van der Waals surface area contributed by atoms with Gasteiger partial charge in [0, 0.05) is 11.6 Å². The maximum absolute atomic E-state index is 11.7. The third-order valence-corrected chi connectivity index (χ3v) is 2.80. The fourth-order valence-corrected chi connectivity index (χ4v) is 1.33. The first-order valence-corrected chi connectivity index (χ1v) is 5.60. The number of hydrogen-bond acceptors (Lipinski definition) is 2. The highest BCUT2D eigenvalue weighted by molar-refractivity contribution is 5.95. The van der Waals surface area contributed by atoms with Crippen LogP contribution < -0.4 is 5.32 Å². The van der Waals surface area contributed by atoms with Crippen LogP contribution in [0.2, 0.25) is 0 Å². The van der Waals surface area contributed by atoms with E-state index in [1.54, 1.807) is 6.07 Å². The highest BCUT2D eigenvalue weighted by atomic mass is 16.4. The Balaban J connectivity index is 2.94. The van der Waals surface area contributed by atoms with Gasteiger partial charge in [0.15, 0.2) is 0 Å². The Labute approximate surface area is 101 Å². The summed E-state index contributed by atoms with van der Waals surface area (Å²) < 4.78 is 0. The van der Waals surface area contributed by atoms with Crippen LogP contribution in [0.4, 0.5) is 5.69 Å². The van der Waals surface area contributed by atoms with Gasteiger partial charge in [0.2, 0.25) is 5.91 Å². The standard InChI is InChI=1S/C13H17NO3/c1-4-8(2)12(15)14-11-7-10(13(16)17)6-5-9(11)3/h5-8H,4H2,1-3H3,(H,14,15)(H,16,17)/t8-/m1/s1. The summed E-state index contributed by atoms with van der Waals surface area (Å²) >= 11 is 0. The molecule has 4 nitrogen and oxygen atoms in total. The molecule has 4 heteroatoms. The molecule has 17 heavy (non-hydrogen) atoms. The van der Waals surface area contributed by atoms with Crippen LogP contribution in [0.1, 0.15) is 36.2 Å². The van der Waals surface area contributed by atoms with Crippen molar-refractivity contribution in [2.45, 2.75) is 27.2 Å². The zero-order valence-corrected chi connectivity index (χ0v) is 10.3. The fraction of sp³-hybridized carbons (Fsp3) is 0.385. The first-order valence-electron chi connectivity index (χ1n) is 5.60. The van der Waals surface area contributed by atoms with Gasteiger partial charge in [-0.15, -0.1) is 0 Å². The second-order valence-electron chi connectivity index (χ2n) is 4.13. The molecule has 0 unspecified atom stereocenters. The summed E-state index contributed by atoms with van der Waals surface area (Å²) in [6.07, 6.45) is 0.753. The van der Waals surface area contributed by atoms with Gasteiger partial charge in [-0.05, 0) is 31.0 Å². The minimum Gasteiger partial charge on any atom is -0.478 e. The minimum atomic E-state index is -0.996. The number of rotatable bonds is 4. The van der Waals surface area contributed by atoms with E-state index in [2.05, 4.69) is 5.32 Å². The molecule has 1 aromatic carbocycles. The van der Waals surface area contributed by atoms with Gasteiger partial charge in [-0.25, -0.2) is 4.79 Å². The molecule has 0 radical (unpaired) electrons. The number of amides is 1. The monoisotopic (exact) mass is 235 g/mol. The number of nitrogens with one attached hydrogen (secondary N) is 1. The van der Waals surface area contributed by atoms with Gasteiger partial charge in [0.25, 0.3) is 0 Å². The molecule has 1 atom stereocenters. The zero-order chi connectivity index (χ0) is 13.0. The van der Waals surface area contributed by atoms with E-state index in [1.165, 1.54) is 12.1 Å². The first-order chi connectivity index (χ1) is 7.95. The van der Waals surface area contributed by atoms with Gasteiger partial charge in [0.1, 0.15) is 0 Å². The molecule has 1 aromatic rings. The molecule has 0 saturated heterocycles. The van der Waals surface area contributed by atoms with E-state index in [-0.39, 0.29) is 17.4 Å². The first kappa shape index (κ1) is 13.2. The van der Waals surface area contributed by atoms with Gasteiger partial charge in [0.05, 0.1) is 5.56 Å². The van der Waals surface area contributed by atoms with Crippen molar-refractivity contribution >= 4 is 17.6 Å². The highest BCUT2D eigenvalue weighted by Crippen LogP contribution is 2.18. The van der Waals surface area contributed by atoms with Gasteiger partial charge >= 0.3 is 5.97 Å². The van der Waals surface area contributed by atoms with Crippen LogP contribution >= 0.6 is 0 Å². The van der Waals surface area contributed by atoms with Gasteiger partial charge in [-0.2, -0.15) is 0 Å². The normalized spacial score (nSPS) is 11.9. The smallest absolute Gasteiger partial charge is 0.335 e. The lowest BCUT2D eigenvalue weighted by atomic mass is 10.1. The molecule has 0 fully saturated rings.